The van der Waals surface area contributed by atoms with Gasteiger partial charge in [-0.2, -0.15) is 0 Å². The van der Waals surface area contributed by atoms with Crippen LogP contribution in [0.4, 0.5) is 20.4 Å². The van der Waals surface area contributed by atoms with Crippen molar-refractivity contribution in [3.8, 4) is 0 Å². The molecule has 8 heteroatoms. The highest BCUT2D eigenvalue weighted by atomic mass is 19.1. The fraction of sp³-hybridized carbons (Fsp3) is 0.364. The van der Waals surface area contributed by atoms with Crippen LogP contribution < -0.4 is 10.6 Å². The lowest BCUT2D eigenvalue weighted by Gasteiger charge is -2.09. The topological polar surface area (TPSA) is 67.7 Å². The van der Waals surface area contributed by atoms with Crippen LogP contribution in [0.15, 0.2) is 12.4 Å². The van der Waals surface area contributed by atoms with Crippen LogP contribution in [0.2, 0.25) is 0 Å². The molecule has 6 nitrogen and oxygen atoms in total. The highest BCUT2D eigenvalue weighted by Crippen LogP contribution is 2.19. The number of nitrogens with zero attached hydrogens (tertiary/aromatic N) is 4. The molecule has 19 heavy (non-hydrogen) atoms. The van der Waals surface area contributed by atoms with Crippen LogP contribution in [-0.2, 0) is 13.6 Å². The van der Waals surface area contributed by atoms with Crippen molar-refractivity contribution in [2.45, 2.75) is 13.5 Å². The normalized spacial score (nSPS) is 10.5. The molecule has 0 radical (unpaired) electrons. The molecule has 0 atom stereocenters. The summed E-state index contributed by atoms with van der Waals surface area (Å²) in [4.78, 5) is 3.86. The van der Waals surface area contributed by atoms with Crippen LogP contribution >= 0.6 is 0 Å². The lowest BCUT2D eigenvalue weighted by atomic mass is 10.4. The Bertz CT molecular complexity index is 568. The van der Waals surface area contributed by atoms with Gasteiger partial charge in [-0.15, -0.1) is 10.2 Å². The van der Waals surface area contributed by atoms with Gasteiger partial charge in [0.15, 0.2) is 29.1 Å². The van der Waals surface area contributed by atoms with E-state index in [1.54, 1.807) is 18.5 Å². The summed E-state index contributed by atoms with van der Waals surface area (Å²) >= 11 is 0. The van der Waals surface area contributed by atoms with Crippen LogP contribution in [-0.4, -0.2) is 26.3 Å². The Morgan fingerprint density at radius 2 is 1.89 bits per heavy atom. The first-order chi connectivity index (χ1) is 9.11. The number of rotatable bonds is 5. The maximum Gasteiger partial charge on any atom is 0.168 e. The van der Waals surface area contributed by atoms with Crippen LogP contribution in [0.1, 0.15) is 12.7 Å². The average Bonchev–Trinajstić information content (AvgIpc) is 2.77. The average molecular weight is 268 g/mol. The lowest BCUT2D eigenvalue weighted by Crippen LogP contribution is -2.11. The van der Waals surface area contributed by atoms with E-state index in [4.69, 9.17) is 0 Å². The largest absolute Gasteiger partial charge is 0.368 e. The van der Waals surface area contributed by atoms with Crippen molar-refractivity contribution in [1.29, 1.82) is 0 Å². The first-order valence-electron chi connectivity index (χ1n) is 5.78. The number of halogens is 2. The van der Waals surface area contributed by atoms with E-state index in [1.165, 1.54) is 6.33 Å². The van der Waals surface area contributed by atoms with Crippen LogP contribution in [0.25, 0.3) is 0 Å². The highest BCUT2D eigenvalue weighted by Gasteiger charge is 2.12. The summed E-state index contributed by atoms with van der Waals surface area (Å²) in [5.74, 6) is -0.856. The molecular formula is C11H14F2N6. The number of aromatic nitrogens is 4. The summed E-state index contributed by atoms with van der Waals surface area (Å²) in [5, 5.41) is 13.0. The predicted molar refractivity (Wildman–Crippen MR) is 66.6 cm³/mol. The Balaban J connectivity index is 2.15. The third-order valence-corrected chi connectivity index (χ3v) is 2.49. The molecule has 0 saturated carbocycles. The zero-order valence-electron chi connectivity index (χ0n) is 10.6. The Labute approximate surface area is 108 Å². The third-order valence-electron chi connectivity index (χ3n) is 2.49. The minimum absolute atomic E-state index is 0.0179. The maximum absolute atomic E-state index is 13.6. The molecule has 0 amide bonds. The van der Waals surface area contributed by atoms with Gasteiger partial charge in [0, 0.05) is 19.7 Å². The molecule has 2 aromatic rings. The van der Waals surface area contributed by atoms with E-state index in [9.17, 15) is 8.78 Å². The van der Waals surface area contributed by atoms with E-state index in [1.807, 2.05) is 0 Å². The molecule has 2 heterocycles. The zero-order valence-corrected chi connectivity index (χ0v) is 10.6. The van der Waals surface area contributed by atoms with Gasteiger partial charge in [0.05, 0.1) is 6.54 Å². The van der Waals surface area contributed by atoms with Crippen molar-refractivity contribution < 1.29 is 8.78 Å². The zero-order chi connectivity index (χ0) is 13.8. The van der Waals surface area contributed by atoms with Gasteiger partial charge < -0.3 is 15.2 Å². The van der Waals surface area contributed by atoms with Gasteiger partial charge in [-0.25, -0.2) is 13.8 Å². The molecule has 2 N–H and O–H groups in total. The lowest BCUT2D eigenvalue weighted by molar-refractivity contribution is 0.577. The summed E-state index contributed by atoms with van der Waals surface area (Å²) in [6.45, 7) is 2.55. The molecule has 0 bridgehead atoms. The van der Waals surface area contributed by atoms with Gasteiger partial charge in [-0.05, 0) is 6.92 Å². The Hall–Kier alpha value is -2.25. The van der Waals surface area contributed by atoms with E-state index in [2.05, 4.69) is 25.8 Å². The minimum atomic E-state index is -0.749. The van der Waals surface area contributed by atoms with E-state index < -0.39 is 11.6 Å². The first kappa shape index (κ1) is 13.2. The molecule has 2 rings (SSSR count). The molecule has 0 spiro atoms. The molecule has 0 saturated heterocycles. The number of aryl methyl sites for hydroxylation is 1. The van der Waals surface area contributed by atoms with E-state index >= 15 is 0 Å². The summed E-state index contributed by atoms with van der Waals surface area (Å²) in [5.41, 5.74) is 0. The van der Waals surface area contributed by atoms with Crippen molar-refractivity contribution in [3.05, 3.63) is 29.9 Å². The van der Waals surface area contributed by atoms with Crippen molar-refractivity contribution >= 4 is 11.6 Å². The fourth-order valence-electron chi connectivity index (χ4n) is 1.51. The van der Waals surface area contributed by atoms with E-state index in [-0.39, 0.29) is 18.2 Å². The van der Waals surface area contributed by atoms with E-state index in [0.717, 1.165) is 6.07 Å². The predicted octanol–water partition coefficient (Wildman–Crippen LogP) is 1.53. The quantitative estimate of drug-likeness (QED) is 0.860. The SMILES string of the molecule is CCNc1nc(NCc2nncn2C)c(F)cc1F. The molecule has 0 unspecified atom stereocenters. The van der Waals surface area contributed by atoms with Gasteiger partial charge in [0.1, 0.15) is 6.33 Å². The highest BCUT2D eigenvalue weighted by molar-refractivity contribution is 5.47. The molecular weight excluding hydrogens is 254 g/mol. The Morgan fingerprint density at radius 1 is 1.21 bits per heavy atom. The van der Waals surface area contributed by atoms with Crippen LogP contribution in [0.3, 0.4) is 0 Å². The Morgan fingerprint density at radius 3 is 2.47 bits per heavy atom. The molecule has 0 aliphatic heterocycles. The fourth-order valence-corrected chi connectivity index (χ4v) is 1.51. The second-order valence-electron chi connectivity index (χ2n) is 3.89. The van der Waals surface area contributed by atoms with Crippen molar-refractivity contribution in [1.82, 2.24) is 19.7 Å². The molecule has 0 aliphatic rings. The number of nitrogens with one attached hydrogen (secondary N) is 2. The summed E-state index contributed by atoms with van der Waals surface area (Å²) in [7, 11) is 1.77. The van der Waals surface area contributed by atoms with E-state index in [0.29, 0.717) is 12.4 Å². The standard InChI is InChI=1S/C11H14F2N6/c1-3-14-10-7(12)4-8(13)11(17-10)15-5-9-18-16-6-19(9)2/h4,6H,3,5H2,1-2H3,(H2,14,15,17). The van der Waals surface area contributed by atoms with Gasteiger partial charge in [-0.3, -0.25) is 0 Å². The maximum atomic E-state index is 13.6. The molecule has 0 aliphatic carbocycles. The Kier molecular flexibility index (Phi) is 3.88. The second-order valence-corrected chi connectivity index (χ2v) is 3.89. The van der Waals surface area contributed by atoms with Gasteiger partial charge in [0.25, 0.3) is 0 Å². The second kappa shape index (κ2) is 5.59. The molecule has 0 fully saturated rings. The summed E-state index contributed by atoms with van der Waals surface area (Å²) < 4.78 is 28.6. The monoisotopic (exact) mass is 268 g/mol. The van der Waals surface area contributed by atoms with Crippen LogP contribution in [0, 0.1) is 11.6 Å². The smallest absolute Gasteiger partial charge is 0.168 e. The third kappa shape index (κ3) is 2.95. The molecule has 102 valence electrons. The van der Waals surface area contributed by atoms with Gasteiger partial charge >= 0.3 is 0 Å². The van der Waals surface area contributed by atoms with Crippen molar-refractivity contribution in [3.63, 3.8) is 0 Å². The molecule has 0 aromatic carbocycles. The first-order valence-corrected chi connectivity index (χ1v) is 5.78. The van der Waals surface area contributed by atoms with Crippen molar-refractivity contribution in [2.24, 2.45) is 7.05 Å². The number of hydrogen-bond donors (Lipinski definition) is 2. The number of pyridine rings is 1. The minimum Gasteiger partial charge on any atom is -0.368 e. The van der Waals surface area contributed by atoms with Crippen LogP contribution in [0.5, 0.6) is 0 Å². The number of hydrogen-bond acceptors (Lipinski definition) is 5. The summed E-state index contributed by atoms with van der Waals surface area (Å²) in [6.07, 6.45) is 1.54. The molecule has 2 aromatic heterocycles. The number of anilines is 2. The summed E-state index contributed by atoms with van der Waals surface area (Å²) in [6, 6.07) is 0.796. The van der Waals surface area contributed by atoms with Gasteiger partial charge in [-0.1, -0.05) is 0 Å². The van der Waals surface area contributed by atoms with Gasteiger partial charge in [0.2, 0.25) is 0 Å². The van der Waals surface area contributed by atoms with Crippen molar-refractivity contribution in [2.75, 3.05) is 17.2 Å².